The van der Waals surface area contributed by atoms with E-state index in [9.17, 15) is 0 Å². The largest absolute Gasteiger partial charge is 0.338 e. The molecule has 0 unspecified atom stereocenters. The van der Waals surface area contributed by atoms with Crippen molar-refractivity contribution in [3.05, 3.63) is 17.7 Å². The quantitative estimate of drug-likeness (QED) is 0.774. The smallest absolute Gasteiger partial charge is 0.108 e. The second kappa shape index (κ2) is 5.15. The molecule has 1 aromatic rings. The lowest BCUT2D eigenvalue weighted by atomic mass is 10.1. The van der Waals surface area contributed by atoms with Crippen LogP contribution in [0.2, 0.25) is 0 Å². The average Bonchev–Trinajstić information content (AvgIpc) is 2.43. The molecule has 0 radical (unpaired) electrons. The Balaban J connectivity index is 2.62. The first-order chi connectivity index (χ1) is 6.63. The summed E-state index contributed by atoms with van der Waals surface area (Å²) < 4.78 is 2.13. The Morgan fingerprint density at radius 2 is 2.21 bits per heavy atom. The van der Waals surface area contributed by atoms with Crippen molar-refractivity contribution < 1.29 is 0 Å². The summed E-state index contributed by atoms with van der Waals surface area (Å²) in [6.45, 7) is 5.18. The highest BCUT2D eigenvalue weighted by Gasteiger charge is 2.06. The first-order valence-electron chi connectivity index (χ1n) is 5.34. The van der Waals surface area contributed by atoms with Gasteiger partial charge in [0.1, 0.15) is 5.82 Å². The monoisotopic (exact) mass is 195 g/mol. The lowest BCUT2D eigenvalue weighted by Gasteiger charge is -2.03. The first-order valence-corrected chi connectivity index (χ1v) is 5.34. The fraction of sp³-hybridized carbons (Fsp3) is 0.727. The van der Waals surface area contributed by atoms with E-state index in [2.05, 4.69) is 36.6 Å². The summed E-state index contributed by atoms with van der Waals surface area (Å²) in [6, 6.07) is 0. The number of hydrogen-bond donors (Lipinski definition) is 1. The number of aryl methyl sites for hydroxylation is 2. The lowest BCUT2D eigenvalue weighted by Crippen LogP contribution is -2.02. The van der Waals surface area contributed by atoms with Crippen molar-refractivity contribution in [3.8, 4) is 0 Å². The highest BCUT2D eigenvalue weighted by atomic mass is 15.0. The molecule has 14 heavy (non-hydrogen) atoms. The molecule has 0 amide bonds. The lowest BCUT2D eigenvalue weighted by molar-refractivity contribution is 0.601. The Bertz CT molecular complexity index is 276. The molecule has 1 aromatic heterocycles. The predicted molar refractivity (Wildman–Crippen MR) is 59.1 cm³/mol. The average molecular weight is 195 g/mol. The van der Waals surface area contributed by atoms with Gasteiger partial charge in [-0.3, -0.25) is 0 Å². The molecule has 3 heteroatoms. The van der Waals surface area contributed by atoms with E-state index >= 15 is 0 Å². The summed E-state index contributed by atoms with van der Waals surface area (Å²) in [7, 11) is 2.07. The van der Waals surface area contributed by atoms with Gasteiger partial charge in [-0.05, 0) is 25.3 Å². The standard InChI is InChI=1S/C11H21N3/c1-9(2)7-11-13-10(5-4-6-12)8-14(11)3/h8-9H,4-7,12H2,1-3H3. The van der Waals surface area contributed by atoms with Crippen LogP contribution >= 0.6 is 0 Å². The normalized spacial score (nSPS) is 11.2. The molecular formula is C11H21N3. The maximum Gasteiger partial charge on any atom is 0.108 e. The number of nitrogens with zero attached hydrogens (tertiary/aromatic N) is 2. The summed E-state index contributed by atoms with van der Waals surface area (Å²) in [5, 5.41) is 0. The molecule has 80 valence electrons. The van der Waals surface area contributed by atoms with E-state index in [4.69, 9.17) is 5.73 Å². The van der Waals surface area contributed by atoms with Crippen LogP contribution in [0.4, 0.5) is 0 Å². The maximum atomic E-state index is 5.47. The van der Waals surface area contributed by atoms with Crippen molar-refractivity contribution in [2.45, 2.75) is 33.1 Å². The summed E-state index contributed by atoms with van der Waals surface area (Å²) >= 11 is 0. The summed E-state index contributed by atoms with van der Waals surface area (Å²) in [5.41, 5.74) is 6.64. The van der Waals surface area contributed by atoms with Crippen LogP contribution in [0.3, 0.4) is 0 Å². The number of hydrogen-bond acceptors (Lipinski definition) is 2. The topological polar surface area (TPSA) is 43.8 Å². The van der Waals surface area contributed by atoms with Crippen molar-refractivity contribution in [1.82, 2.24) is 9.55 Å². The Morgan fingerprint density at radius 1 is 1.50 bits per heavy atom. The third kappa shape index (κ3) is 3.14. The molecule has 0 spiro atoms. The van der Waals surface area contributed by atoms with E-state index in [1.165, 1.54) is 11.5 Å². The number of rotatable bonds is 5. The van der Waals surface area contributed by atoms with Crippen LogP contribution in [0.15, 0.2) is 6.20 Å². The minimum atomic E-state index is 0.665. The highest BCUT2D eigenvalue weighted by molar-refractivity contribution is 5.04. The fourth-order valence-corrected chi connectivity index (χ4v) is 1.53. The maximum absolute atomic E-state index is 5.47. The Morgan fingerprint density at radius 3 is 2.79 bits per heavy atom. The van der Waals surface area contributed by atoms with Crippen LogP contribution in [0.5, 0.6) is 0 Å². The summed E-state index contributed by atoms with van der Waals surface area (Å²) in [5.74, 6) is 1.85. The van der Waals surface area contributed by atoms with E-state index in [0.29, 0.717) is 5.92 Å². The first kappa shape index (κ1) is 11.2. The second-order valence-corrected chi connectivity index (χ2v) is 4.25. The zero-order chi connectivity index (χ0) is 10.6. The Hall–Kier alpha value is -0.830. The van der Waals surface area contributed by atoms with Crippen LogP contribution in [0, 0.1) is 5.92 Å². The summed E-state index contributed by atoms with van der Waals surface area (Å²) in [4.78, 5) is 4.59. The molecule has 0 aliphatic rings. The molecule has 2 N–H and O–H groups in total. The van der Waals surface area contributed by atoms with Crippen molar-refractivity contribution >= 4 is 0 Å². The van der Waals surface area contributed by atoms with Gasteiger partial charge in [-0.2, -0.15) is 0 Å². The van der Waals surface area contributed by atoms with Gasteiger partial charge in [-0.1, -0.05) is 13.8 Å². The van der Waals surface area contributed by atoms with Gasteiger partial charge in [-0.25, -0.2) is 4.98 Å². The van der Waals surface area contributed by atoms with Gasteiger partial charge in [0.15, 0.2) is 0 Å². The third-order valence-electron chi connectivity index (χ3n) is 2.25. The van der Waals surface area contributed by atoms with Gasteiger partial charge < -0.3 is 10.3 Å². The Labute approximate surface area is 86.3 Å². The van der Waals surface area contributed by atoms with E-state index in [1.54, 1.807) is 0 Å². The van der Waals surface area contributed by atoms with Crippen LogP contribution in [-0.4, -0.2) is 16.1 Å². The van der Waals surface area contributed by atoms with Gasteiger partial charge in [0.25, 0.3) is 0 Å². The highest BCUT2D eigenvalue weighted by Crippen LogP contribution is 2.08. The molecule has 0 aliphatic heterocycles. The van der Waals surface area contributed by atoms with Crippen LogP contribution in [0.25, 0.3) is 0 Å². The molecule has 3 nitrogen and oxygen atoms in total. The molecule has 0 saturated heterocycles. The van der Waals surface area contributed by atoms with Gasteiger partial charge in [0, 0.05) is 19.7 Å². The number of imidazole rings is 1. The van der Waals surface area contributed by atoms with Crippen LogP contribution < -0.4 is 5.73 Å². The molecule has 0 bridgehead atoms. The second-order valence-electron chi connectivity index (χ2n) is 4.25. The molecule has 0 saturated carbocycles. The Kier molecular flexibility index (Phi) is 4.14. The van der Waals surface area contributed by atoms with Gasteiger partial charge in [0.05, 0.1) is 5.69 Å². The zero-order valence-electron chi connectivity index (χ0n) is 9.45. The molecule has 1 heterocycles. The van der Waals surface area contributed by atoms with Gasteiger partial charge >= 0.3 is 0 Å². The molecule has 0 fully saturated rings. The molecule has 0 atom stereocenters. The summed E-state index contributed by atoms with van der Waals surface area (Å²) in [6.07, 6.45) is 5.20. The van der Waals surface area contributed by atoms with Crippen LogP contribution in [-0.2, 0) is 19.9 Å². The minimum absolute atomic E-state index is 0.665. The minimum Gasteiger partial charge on any atom is -0.338 e. The third-order valence-corrected chi connectivity index (χ3v) is 2.25. The molecule has 0 aromatic carbocycles. The van der Waals surface area contributed by atoms with E-state index in [1.807, 2.05) is 0 Å². The van der Waals surface area contributed by atoms with Gasteiger partial charge in [-0.15, -0.1) is 0 Å². The molecular weight excluding hydrogens is 174 g/mol. The van der Waals surface area contributed by atoms with Gasteiger partial charge in [0.2, 0.25) is 0 Å². The number of nitrogens with two attached hydrogens (primary N) is 1. The van der Waals surface area contributed by atoms with Crippen LogP contribution in [0.1, 0.15) is 31.8 Å². The van der Waals surface area contributed by atoms with Crippen molar-refractivity contribution in [2.75, 3.05) is 6.54 Å². The van der Waals surface area contributed by atoms with Crippen molar-refractivity contribution in [3.63, 3.8) is 0 Å². The fourth-order valence-electron chi connectivity index (χ4n) is 1.53. The zero-order valence-corrected chi connectivity index (χ0v) is 9.45. The van der Waals surface area contributed by atoms with E-state index in [-0.39, 0.29) is 0 Å². The van der Waals surface area contributed by atoms with Crippen molar-refractivity contribution in [2.24, 2.45) is 18.7 Å². The van der Waals surface area contributed by atoms with E-state index < -0.39 is 0 Å². The SMILES string of the molecule is CC(C)Cc1nc(CCCN)cn1C. The predicted octanol–water partition coefficient (Wildman–Crippen LogP) is 1.51. The molecule has 1 rings (SSSR count). The molecule has 0 aliphatic carbocycles. The van der Waals surface area contributed by atoms with Crippen molar-refractivity contribution in [1.29, 1.82) is 0 Å². The van der Waals surface area contributed by atoms with E-state index in [0.717, 1.165) is 25.8 Å². The number of aromatic nitrogens is 2.